The lowest BCUT2D eigenvalue weighted by molar-refractivity contribution is 0.0643. The van der Waals surface area contributed by atoms with Gasteiger partial charge in [-0.05, 0) is 37.6 Å². The summed E-state index contributed by atoms with van der Waals surface area (Å²) in [5.74, 6) is 0.246. The van der Waals surface area contributed by atoms with E-state index in [1.165, 1.54) is 0 Å². The number of nitrogens with one attached hydrogen (secondary N) is 2. The molecular formula is C24H26N8O2. The molecule has 5 rings (SSSR count). The second-order valence-corrected chi connectivity index (χ2v) is 9.24. The molecule has 0 spiro atoms. The van der Waals surface area contributed by atoms with Crippen molar-refractivity contribution < 1.29 is 9.90 Å². The van der Waals surface area contributed by atoms with Crippen molar-refractivity contribution in [3.63, 3.8) is 0 Å². The molecule has 0 saturated carbocycles. The Kier molecular flexibility index (Phi) is 5.21. The van der Waals surface area contributed by atoms with E-state index < -0.39 is 5.41 Å². The fourth-order valence-electron chi connectivity index (χ4n) is 4.57. The number of aliphatic hydroxyl groups excluding tert-OH is 1. The van der Waals surface area contributed by atoms with Crippen LogP contribution in [0.3, 0.4) is 0 Å². The van der Waals surface area contributed by atoms with Crippen LogP contribution in [0.5, 0.6) is 0 Å². The first kappa shape index (κ1) is 21.9. The number of aromatic nitrogens is 4. The number of fused-ring (bicyclic) bond motifs is 2. The number of carbonyl (C=O) groups excluding carboxylic acids is 1. The van der Waals surface area contributed by atoms with Gasteiger partial charge in [0.25, 0.3) is 5.91 Å². The van der Waals surface area contributed by atoms with Gasteiger partial charge in [0, 0.05) is 36.3 Å². The number of rotatable bonds is 5. The van der Waals surface area contributed by atoms with E-state index in [4.69, 9.17) is 0 Å². The summed E-state index contributed by atoms with van der Waals surface area (Å²) >= 11 is 0. The molecule has 1 aromatic carbocycles. The average molecular weight is 459 g/mol. The predicted molar refractivity (Wildman–Crippen MR) is 127 cm³/mol. The zero-order valence-electron chi connectivity index (χ0n) is 19.3. The van der Waals surface area contributed by atoms with Gasteiger partial charge < -0.3 is 20.6 Å². The fourth-order valence-corrected chi connectivity index (χ4v) is 4.57. The lowest BCUT2D eigenvalue weighted by atomic mass is 9.83. The molecule has 10 heteroatoms. The Morgan fingerprint density at radius 1 is 1.35 bits per heavy atom. The molecule has 3 aromatic rings. The number of nitrogens with zero attached hydrogens (tertiary/aromatic N) is 6. The average Bonchev–Trinajstić information content (AvgIpc) is 3.40. The number of aliphatic hydroxyl groups is 1. The minimum absolute atomic E-state index is 0.0356. The number of benzene rings is 1. The zero-order valence-corrected chi connectivity index (χ0v) is 19.3. The molecule has 2 aromatic heterocycles. The highest BCUT2D eigenvalue weighted by Crippen LogP contribution is 2.41. The van der Waals surface area contributed by atoms with Crippen LogP contribution in [0, 0.1) is 11.3 Å². The van der Waals surface area contributed by atoms with Gasteiger partial charge in [0.2, 0.25) is 5.95 Å². The summed E-state index contributed by atoms with van der Waals surface area (Å²) in [4.78, 5) is 23.8. The Morgan fingerprint density at radius 2 is 2.18 bits per heavy atom. The molecule has 1 atom stereocenters. The van der Waals surface area contributed by atoms with Crippen LogP contribution in [0.1, 0.15) is 42.4 Å². The Labute approximate surface area is 197 Å². The van der Waals surface area contributed by atoms with E-state index in [9.17, 15) is 15.2 Å². The molecule has 0 saturated heterocycles. The second kappa shape index (κ2) is 8.11. The molecule has 1 unspecified atom stereocenters. The normalized spacial score (nSPS) is 18.9. The number of amides is 1. The fraction of sp³-hybridized carbons (Fsp3) is 0.375. The van der Waals surface area contributed by atoms with Crippen molar-refractivity contribution >= 4 is 23.2 Å². The molecule has 34 heavy (non-hydrogen) atoms. The summed E-state index contributed by atoms with van der Waals surface area (Å²) in [7, 11) is 0. The van der Waals surface area contributed by atoms with E-state index in [1.54, 1.807) is 29.2 Å². The van der Waals surface area contributed by atoms with E-state index in [1.807, 2.05) is 31.7 Å². The van der Waals surface area contributed by atoms with Crippen LogP contribution >= 0.6 is 0 Å². The molecule has 0 radical (unpaired) electrons. The lowest BCUT2D eigenvalue weighted by Gasteiger charge is -2.31. The van der Waals surface area contributed by atoms with Gasteiger partial charge in [0.1, 0.15) is 11.8 Å². The molecule has 4 heterocycles. The molecule has 0 bridgehead atoms. The van der Waals surface area contributed by atoms with E-state index in [-0.39, 0.29) is 18.6 Å². The Hall–Kier alpha value is -3.97. The van der Waals surface area contributed by atoms with Crippen molar-refractivity contribution in [3.05, 3.63) is 47.4 Å². The number of nitriles is 1. The summed E-state index contributed by atoms with van der Waals surface area (Å²) in [6.45, 7) is 7.72. The Morgan fingerprint density at radius 3 is 2.91 bits per heavy atom. The Balaban J connectivity index is 1.49. The third-order valence-electron chi connectivity index (χ3n) is 6.59. The van der Waals surface area contributed by atoms with Crippen molar-refractivity contribution in [3.8, 4) is 17.3 Å². The molecule has 2 aliphatic heterocycles. The Bertz CT molecular complexity index is 1320. The summed E-state index contributed by atoms with van der Waals surface area (Å²) in [6.07, 6.45) is 3.25. The van der Waals surface area contributed by atoms with Crippen LogP contribution in [0.2, 0.25) is 0 Å². The topological polar surface area (TPSA) is 132 Å². The summed E-state index contributed by atoms with van der Waals surface area (Å²) < 4.78 is 1.70. The highest BCUT2D eigenvalue weighted by atomic mass is 16.3. The van der Waals surface area contributed by atoms with Gasteiger partial charge in [-0.25, -0.2) is 9.97 Å². The quantitative estimate of drug-likeness (QED) is 0.531. The summed E-state index contributed by atoms with van der Waals surface area (Å²) in [5, 5.41) is 30.4. The van der Waals surface area contributed by atoms with E-state index in [0.717, 1.165) is 16.8 Å². The maximum atomic E-state index is 13.0. The first-order chi connectivity index (χ1) is 16.3. The van der Waals surface area contributed by atoms with Gasteiger partial charge in [-0.15, -0.1) is 0 Å². The maximum absolute atomic E-state index is 13.0. The first-order valence-electron chi connectivity index (χ1n) is 11.2. The van der Waals surface area contributed by atoms with Crippen molar-refractivity contribution in [2.75, 3.05) is 30.3 Å². The largest absolute Gasteiger partial charge is 0.395 e. The number of hydrogen-bond donors (Lipinski definition) is 3. The molecule has 1 amide bonds. The first-order valence-corrected chi connectivity index (χ1v) is 11.2. The van der Waals surface area contributed by atoms with Crippen LogP contribution in [0.25, 0.3) is 11.3 Å². The molecule has 3 N–H and O–H groups in total. The number of hydrogen-bond acceptors (Lipinski definition) is 8. The van der Waals surface area contributed by atoms with Crippen LogP contribution in [0.4, 0.5) is 17.3 Å². The van der Waals surface area contributed by atoms with Crippen LogP contribution in [-0.2, 0) is 12.0 Å². The van der Waals surface area contributed by atoms with Crippen molar-refractivity contribution in [2.45, 2.75) is 38.8 Å². The molecule has 2 aliphatic rings. The molecule has 0 aliphatic carbocycles. The highest BCUT2D eigenvalue weighted by Gasteiger charge is 2.36. The van der Waals surface area contributed by atoms with Gasteiger partial charge in [0.05, 0.1) is 42.0 Å². The van der Waals surface area contributed by atoms with Crippen LogP contribution < -0.4 is 10.6 Å². The van der Waals surface area contributed by atoms with E-state index >= 15 is 0 Å². The molecule has 10 nitrogen and oxygen atoms in total. The van der Waals surface area contributed by atoms with E-state index in [2.05, 4.69) is 31.8 Å². The monoisotopic (exact) mass is 458 g/mol. The van der Waals surface area contributed by atoms with Gasteiger partial charge >= 0.3 is 0 Å². The van der Waals surface area contributed by atoms with Gasteiger partial charge in [-0.3, -0.25) is 9.48 Å². The highest BCUT2D eigenvalue weighted by molar-refractivity contribution is 5.99. The summed E-state index contributed by atoms with van der Waals surface area (Å²) in [6, 6.07) is 7.86. The van der Waals surface area contributed by atoms with Crippen molar-refractivity contribution in [1.82, 2.24) is 24.6 Å². The van der Waals surface area contributed by atoms with Gasteiger partial charge in [-0.2, -0.15) is 10.4 Å². The van der Waals surface area contributed by atoms with Gasteiger partial charge in [-0.1, -0.05) is 6.92 Å². The van der Waals surface area contributed by atoms with Crippen molar-refractivity contribution in [2.24, 2.45) is 0 Å². The van der Waals surface area contributed by atoms with Crippen LogP contribution in [0.15, 0.2) is 30.6 Å². The third kappa shape index (κ3) is 3.45. The maximum Gasteiger partial charge on any atom is 0.274 e. The van der Waals surface area contributed by atoms with Crippen molar-refractivity contribution in [1.29, 1.82) is 5.26 Å². The summed E-state index contributed by atoms with van der Waals surface area (Å²) in [5.41, 5.74) is 4.09. The lowest BCUT2D eigenvalue weighted by Crippen LogP contribution is -2.44. The molecule has 174 valence electrons. The number of anilines is 3. The minimum atomic E-state index is -0.481. The second-order valence-electron chi connectivity index (χ2n) is 9.24. The minimum Gasteiger partial charge on any atom is -0.395 e. The van der Waals surface area contributed by atoms with Gasteiger partial charge in [0.15, 0.2) is 0 Å². The number of carbonyl (C=O) groups is 1. The zero-order chi connectivity index (χ0) is 24.0. The van der Waals surface area contributed by atoms with E-state index in [0.29, 0.717) is 48.2 Å². The molecule has 0 fully saturated rings. The predicted octanol–water partition coefficient (Wildman–Crippen LogP) is 2.50. The molecular weight excluding hydrogens is 432 g/mol. The van der Waals surface area contributed by atoms with Crippen LogP contribution in [-0.4, -0.2) is 61.4 Å². The standard InChI is InChI=1S/C24H26N8O2/c1-14(2)31-6-7-32-21(22(31)34)19(11-28-32)30-23-26-5-4-18(29-23)15-8-16(10-25)20-17(9-15)24(3,13-33)12-27-20/h4-5,8-9,11,14,27,33H,6-7,12-13H2,1-3H3,(H,26,29,30). The smallest absolute Gasteiger partial charge is 0.274 e. The SMILES string of the molecule is CC(C)N1CCn2ncc(Nc3nccc(-c4cc(C#N)c5c(c4)C(C)(CO)CN5)n3)c2C1=O. The third-order valence-corrected chi connectivity index (χ3v) is 6.59.